The summed E-state index contributed by atoms with van der Waals surface area (Å²) in [5, 5.41) is 3.25. The SMILES string of the molecule is CN1C(=O)[C@@H]2[C@@H](ON3[C@H]2C[C@@H]2CCCC[C@@]23C[Se]c2ccccc2)C1=O. The molecule has 1 aromatic rings. The molecule has 3 saturated heterocycles. The second kappa shape index (κ2) is 6.16. The molecule has 0 aromatic heterocycles. The van der Waals surface area contributed by atoms with Crippen molar-refractivity contribution in [2.45, 2.75) is 55.1 Å². The molecule has 4 fully saturated rings. The first-order valence-electron chi connectivity index (χ1n) is 9.57. The molecule has 1 aromatic carbocycles. The van der Waals surface area contributed by atoms with Gasteiger partial charge < -0.3 is 0 Å². The monoisotopic (exact) mass is 420 g/mol. The Hall–Kier alpha value is -1.20. The maximum absolute atomic E-state index is 12.6. The van der Waals surface area contributed by atoms with Crippen LogP contribution in [0.2, 0.25) is 5.32 Å². The van der Waals surface area contributed by atoms with Crippen molar-refractivity contribution in [1.82, 2.24) is 9.96 Å². The van der Waals surface area contributed by atoms with Crippen LogP contribution in [0.3, 0.4) is 0 Å². The van der Waals surface area contributed by atoms with Gasteiger partial charge in [-0.2, -0.15) is 0 Å². The average Bonchev–Trinajstić information content (AvgIpc) is 3.26. The fraction of sp³-hybridized carbons (Fsp3) is 0.600. The molecular weight excluding hydrogens is 395 g/mol. The normalized spacial score (nSPS) is 39.2. The van der Waals surface area contributed by atoms with Crippen LogP contribution in [0.25, 0.3) is 0 Å². The van der Waals surface area contributed by atoms with Crippen molar-refractivity contribution in [1.29, 1.82) is 0 Å². The maximum atomic E-state index is 12.6. The molecule has 1 saturated carbocycles. The third-order valence-electron chi connectivity index (χ3n) is 6.83. The van der Waals surface area contributed by atoms with Gasteiger partial charge in [0.15, 0.2) is 0 Å². The van der Waals surface area contributed by atoms with Crippen LogP contribution in [0.5, 0.6) is 0 Å². The Balaban J connectivity index is 1.44. The van der Waals surface area contributed by atoms with Gasteiger partial charge in [-0.1, -0.05) is 0 Å². The predicted molar refractivity (Wildman–Crippen MR) is 97.7 cm³/mol. The molecule has 5 nitrogen and oxygen atoms in total. The number of likely N-dealkylation sites (tertiary alicyclic amines) is 1. The van der Waals surface area contributed by atoms with Crippen LogP contribution in [0, 0.1) is 11.8 Å². The average molecular weight is 419 g/mol. The number of likely N-dealkylation sites (N-methyl/N-ethyl adjacent to an activating group) is 1. The molecule has 5 atom stereocenters. The molecule has 3 heterocycles. The van der Waals surface area contributed by atoms with Crippen LogP contribution in [0.4, 0.5) is 0 Å². The zero-order valence-electron chi connectivity index (χ0n) is 15.0. The summed E-state index contributed by atoms with van der Waals surface area (Å²) in [4.78, 5) is 32.6. The zero-order chi connectivity index (χ0) is 17.9. The van der Waals surface area contributed by atoms with Gasteiger partial charge in [-0.3, -0.25) is 0 Å². The molecule has 5 rings (SSSR count). The Morgan fingerprint density at radius 1 is 1.19 bits per heavy atom. The molecule has 0 N–H and O–H groups in total. The number of carbonyl (C=O) groups excluding carboxylic acids is 2. The van der Waals surface area contributed by atoms with Crippen molar-refractivity contribution in [3.63, 3.8) is 0 Å². The Labute approximate surface area is 160 Å². The van der Waals surface area contributed by atoms with Gasteiger partial charge >= 0.3 is 160 Å². The second-order valence-corrected chi connectivity index (χ2v) is 10.3. The van der Waals surface area contributed by atoms with Crippen molar-refractivity contribution in [3.05, 3.63) is 30.3 Å². The summed E-state index contributed by atoms with van der Waals surface area (Å²) in [5.41, 5.74) is 0.0161. The summed E-state index contributed by atoms with van der Waals surface area (Å²) in [6, 6.07) is 10.8. The van der Waals surface area contributed by atoms with Crippen molar-refractivity contribution >= 4 is 31.2 Å². The topological polar surface area (TPSA) is 49.9 Å². The van der Waals surface area contributed by atoms with E-state index >= 15 is 0 Å². The fourth-order valence-electron chi connectivity index (χ4n) is 5.50. The van der Waals surface area contributed by atoms with E-state index in [9.17, 15) is 9.59 Å². The summed E-state index contributed by atoms with van der Waals surface area (Å²) in [7, 11) is 1.59. The number of fused-ring (bicyclic) bond motifs is 5. The molecule has 0 bridgehead atoms. The number of hydrogen-bond acceptors (Lipinski definition) is 4. The Bertz CT molecular complexity index is 742. The van der Waals surface area contributed by atoms with E-state index in [0.29, 0.717) is 20.9 Å². The molecular formula is C20H24N2O3Se. The van der Waals surface area contributed by atoms with Crippen molar-refractivity contribution in [3.8, 4) is 0 Å². The first-order chi connectivity index (χ1) is 12.6. The van der Waals surface area contributed by atoms with Crippen LogP contribution in [-0.2, 0) is 14.4 Å². The summed E-state index contributed by atoms with van der Waals surface area (Å²) >= 11 is 0.373. The molecule has 138 valence electrons. The number of rotatable bonds is 3. The first kappa shape index (κ1) is 16.9. The quantitative estimate of drug-likeness (QED) is 0.549. The Morgan fingerprint density at radius 2 is 2.00 bits per heavy atom. The van der Waals surface area contributed by atoms with E-state index < -0.39 is 6.10 Å². The van der Waals surface area contributed by atoms with E-state index in [1.165, 1.54) is 28.6 Å². The molecule has 6 heteroatoms. The molecule has 3 aliphatic heterocycles. The standard InChI is InChI=1S/C20H24N2O3Se/c1-21-18(23)16-15-11-13-7-5-6-10-20(13,22(15)25-17(16)19(21)24)12-26-14-8-3-2-4-9-14/h2-4,8-9,13,15-17H,5-7,10-12H2,1H3/t13-,15-,16-,17+,20+/m0/s1. The number of hydrogen-bond donors (Lipinski definition) is 0. The number of nitrogens with zero attached hydrogens (tertiary/aromatic N) is 2. The van der Waals surface area contributed by atoms with Gasteiger partial charge in [0, 0.05) is 0 Å². The van der Waals surface area contributed by atoms with Gasteiger partial charge in [-0.15, -0.1) is 0 Å². The zero-order valence-corrected chi connectivity index (χ0v) is 16.7. The summed E-state index contributed by atoms with van der Waals surface area (Å²) in [6.45, 7) is 0. The third kappa shape index (κ3) is 2.29. The van der Waals surface area contributed by atoms with Gasteiger partial charge in [0.05, 0.1) is 0 Å². The number of amides is 2. The van der Waals surface area contributed by atoms with Crippen molar-refractivity contribution in [2.24, 2.45) is 11.8 Å². The number of benzene rings is 1. The van der Waals surface area contributed by atoms with Gasteiger partial charge in [-0.25, -0.2) is 0 Å². The van der Waals surface area contributed by atoms with Gasteiger partial charge in [-0.05, 0) is 0 Å². The number of imide groups is 1. The van der Waals surface area contributed by atoms with Crippen LogP contribution >= 0.6 is 0 Å². The number of carbonyl (C=O) groups is 2. The molecule has 1 aliphatic carbocycles. The van der Waals surface area contributed by atoms with E-state index in [1.807, 2.05) is 0 Å². The minimum absolute atomic E-state index is 0.0161. The van der Waals surface area contributed by atoms with Gasteiger partial charge in [0.2, 0.25) is 0 Å². The summed E-state index contributed by atoms with van der Waals surface area (Å²) in [5.74, 6) is 0.0844. The first-order valence-corrected chi connectivity index (χ1v) is 11.6. The van der Waals surface area contributed by atoms with E-state index in [4.69, 9.17) is 4.84 Å². The van der Waals surface area contributed by atoms with Crippen LogP contribution in [-0.4, -0.2) is 61.5 Å². The van der Waals surface area contributed by atoms with E-state index in [0.717, 1.165) is 18.2 Å². The summed E-state index contributed by atoms with van der Waals surface area (Å²) < 4.78 is 1.41. The Kier molecular flexibility index (Phi) is 4.02. The number of hydroxylamine groups is 2. The van der Waals surface area contributed by atoms with E-state index in [2.05, 4.69) is 35.4 Å². The van der Waals surface area contributed by atoms with Gasteiger partial charge in [0.1, 0.15) is 0 Å². The molecule has 2 amide bonds. The van der Waals surface area contributed by atoms with E-state index in [-0.39, 0.29) is 29.3 Å². The molecule has 0 unspecified atom stereocenters. The fourth-order valence-corrected chi connectivity index (χ4v) is 8.17. The Morgan fingerprint density at radius 3 is 2.81 bits per heavy atom. The molecule has 0 radical (unpaired) electrons. The van der Waals surface area contributed by atoms with Crippen LogP contribution < -0.4 is 4.46 Å². The van der Waals surface area contributed by atoms with Crippen molar-refractivity contribution < 1.29 is 14.4 Å². The van der Waals surface area contributed by atoms with Crippen LogP contribution in [0.15, 0.2) is 30.3 Å². The minimum atomic E-state index is -0.582. The molecule has 4 aliphatic rings. The van der Waals surface area contributed by atoms with Crippen LogP contribution in [0.1, 0.15) is 32.1 Å². The molecule has 0 spiro atoms. The summed E-state index contributed by atoms with van der Waals surface area (Å²) in [6.07, 6.45) is 5.24. The predicted octanol–water partition coefficient (Wildman–Crippen LogP) is 1.37. The van der Waals surface area contributed by atoms with Crippen molar-refractivity contribution in [2.75, 3.05) is 7.05 Å². The van der Waals surface area contributed by atoms with E-state index in [1.54, 1.807) is 7.05 Å². The molecule has 26 heavy (non-hydrogen) atoms. The second-order valence-electron chi connectivity index (χ2n) is 8.06. The van der Waals surface area contributed by atoms with Gasteiger partial charge in [0.25, 0.3) is 0 Å². The third-order valence-corrected chi connectivity index (χ3v) is 9.45.